The Kier molecular flexibility index (Phi) is 11.1. The summed E-state index contributed by atoms with van der Waals surface area (Å²) in [5.41, 5.74) is 2.13. The van der Waals surface area contributed by atoms with Gasteiger partial charge in [0.1, 0.15) is 6.61 Å². The number of hydrogen-bond donors (Lipinski definition) is 1. The van der Waals surface area contributed by atoms with Gasteiger partial charge in [0.2, 0.25) is 0 Å². The Morgan fingerprint density at radius 2 is 1.85 bits per heavy atom. The molecule has 0 unspecified atom stereocenters. The molecular weight excluding hydrogens is 373 g/mol. The van der Waals surface area contributed by atoms with Crippen molar-refractivity contribution < 1.29 is 14.2 Å². The molecule has 2 aromatic carbocycles. The van der Waals surface area contributed by atoms with Gasteiger partial charge in [0, 0.05) is 30.3 Å². The molecule has 26 heavy (non-hydrogen) atoms. The topological polar surface area (TPSA) is 39.7 Å². The summed E-state index contributed by atoms with van der Waals surface area (Å²) in [5.74, 6) is 1.51. The first-order valence-corrected chi connectivity index (χ1v) is 8.94. The zero-order chi connectivity index (χ0) is 17.9. The van der Waals surface area contributed by atoms with Crippen LogP contribution in [0.25, 0.3) is 0 Å². The van der Waals surface area contributed by atoms with Crippen molar-refractivity contribution in [3.8, 4) is 11.5 Å². The molecule has 2 rings (SSSR count). The molecule has 0 saturated heterocycles. The van der Waals surface area contributed by atoms with E-state index in [9.17, 15) is 0 Å². The highest BCUT2D eigenvalue weighted by Gasteiger charge is 2.10. The van der Waals surface area contributed by atoms with Gasteiger partial charge in [-0.2, -0.15) is 0 Å². The average molecular weight is 400 g/mol. The summed E-state index contributed by atoms with van der Waals surface area (Å²) in [6.07, 6.45) is 0.985. The minimum Gasteiger partial charge on any atom is -0.493 e. The molecule has 0 spiro atoms. The maximum Gasteiger partial charge on any atom is 0.166 e. The zero-order valence-electron chi connectivity index (χ0n) is 15.3. The first-order valence-electron chi connectivity index (χ1n) is 8.56. The van der Waals surface area contributed by atoms with Crippen LogP contribution in [0.2, 0.25) is 5.02 Å². The van der Waals surface area contributed by atoms with Gasteiger partial charge in [-0.3, -0.25) is 0 Å². The van der Waals surface area contributed by atoms with E-state index in [2.05, 4.69) is 11.4 Å². The minimum atomic E-state index is 0. The molecule has 0 bridgehead atoms. The van der Waals surface area contributed by atoms with E-state index in [1.54, 1.807) is 7.11 Å². The number of para-hydroxylation sites is 1. The predicted molar refractivity (Wildman–Crippen MR) is 109 cm³/mol. The van der Waals surface area contributed by atoms with Crippen LogP contribution in [0.15, 0.2) is 42.5 Å². The minimum absolute atomic E-state index is 0. The van der Waals surface area contributed by atoms with Gasteiger partial charge in [-0.15, -0.1) is 12.4 Å². The molecule has 1 N–H and O–H groups in total. The lowest BCUT2D eigenvalue weighted by molar-refractivity contribution is 0.144. The summed E-state index contributed by atoms with van der Waals surface area (Å²) in [5, 5.41) is 4.15. The van der Waals surface area contributed by atoms with Gasteiger partial charge in [-0.25, -0.2) is 0 Å². The second kappa shape index (κ2) is 12.8. The van der Waals surface area contributed by atoms with Crippen LogP contribution >= 0.6 is 24.0 Å². The molecule has 6 heteroatoms. The molecule has 0 aliphatic rings. The molecule has 0 amide bonds. The number of hydrogen-bond acceptors (Lipinski definition) is 4. The number of benzene rings is 2. The van der Waals surface area contributed by atoms with Gasteiger partial charge in [-0.1, -0.05) is 35.9 Å². The fourth-order valence-corrected chi connectivity index (χ4v) is 2.55. The Labute approximate surface area is 167 Å². The average Bonchev–Trinajstić information content (AvgIpc) is 2.64. The Hall–Kier alpha value is -1.46. The van der Waals surface area contributed by atoms with Gasteiger partial charge >= 0.3 is 0 Å². The lowest BCUT2D eigenvalue weighted by Crippen LogP contribution is -2.17. The third-order valence-corrected chi connectivity index (χ3v) is 3.99. The Balaban J connectivity index is 0.00000338. The molecule has 0 heterocycles. The van der Waals surface area contributed by atoms with Gasteiger partial charge < -0.3 is 19.5 Å². The van der Waals surface area contributed by atoms with E-state index < -0.39 is 0 Å². The normalized spacial score (nSPS) is 10.3. The fraction of sp³-hybridized carbons (Fsp3) is 0.400. The zero-order valence-corrected chi connectivity index (χ0v) is 16.9. The summed E-state index contributed by atoms with van der Waals surface area (Å²) in [6.45, 7) is 5.63. The molecule has 0 aromatic heterocycles. The summed E-state index contributed by atoms with van der Waals surface area (Å²) >= 11 is 5.93. The second-order valence-electron chi connectivity index (χ2n) is 5.59. The Bertz CT molecular complexity index is 635. The molecule has 2 aromatic rings. The number of ether oxygens (including phenoxy) is 3. The number of methoxy groups -OCH3 is 1. The molecule has 4 nitrogen and oxygen atoms in total. The van der Waals surface area contributed by atoms with Crippen molar-refractivity contribution in [1.29, 1.82) is 0 Å². The largest absolute Gasteiger partial charge is 0.493 e. The SMILES string of the molecule is CCOCCCNCc1cccc(OC)c1OCc1ccc(Cl)cc1.Cl. The van der Waals surface area contributed by atoms with Crippen LogP contribution in [0.3, 0.4) is 0 Å². The van der Waals surface area contributed by atoms with Crippen LogP contribution in [-0.2, 0) is 17.9 Å². The van der Waals surface area contributed by atoms with E-state index in [0.717, 1.165) is 60.4 Å². The fourth-order valence-electron chi connectivity index (χ4n) is 2.43. The van der Waals surface area contributed by atoms with E-state index in [0.29, 0.717) is 6.61 Å². The van der Waals surface area contributed by atoms with Gasteiger partial charge in [0.25, 0.3) is 0 Å². The van der Waals surface area contributed by atoms with E-state index in [1.807, 2.05) is 43.3 Å². The van der Waals surface area contributed by atoms with Crippen LogP contribution in [0.5, 0.6) is 11.5 Å². The van der Waals surface area contributed by atoms with Gasteiger partial charge in [0.15, 0.2) is 11.5 Å². The monoisotopic (exact) mass is 399 g/mol. The summed E-state index contributed by atoms with van der Waals surface area (Å²) in [6, 6.07) is 13.6. The van der Waals surface area contributed by atoms with Crippen LogP contribution in [0, 0.1) is 0 Å². The highest BCUT2D eigenvalue weighted by molar-refractivity contribution is 6.30. The smallest absolute Gasteiger partial charge is 0.166 e. The van der Waals surface area contributed by atoms with E-state index in [1.165, 1.54) is 0 Å². The van der Waals surface area contributed by atoms with Crippen LogP contribution in [-0.4, -0.2) is 26.9 Å². The van der Waals surface area contributed by atoms with Crippen molar-refractivity contribution in [2.24, 2.45) is 0 Å². The first-order chi connectivity index (χ1) is 12.2. The lowest BCUT2D eigenvalue weighted by atomic mass is 10.1. The number of nitrogens with one attached hydrogen (secondary N) is 1. The van der Waals surface area contributed by atoms with Crippen molar-refractivity contribution in [3.63, 3.8) is 0 Å². The lowest BCUT2D eigenvalue weighted by Gasteiger charge is -2.16. The summed E-state index contributed by atoms with van der Waals surface area (Å²) in [7, 11) is 1.66. The highest BCUT2D eigenvalue weighted by Crippen LogP contribution is 2.31. The van der Waals surface area contributed by atoms with Gasteiger partial charge in [0.05, 0.1) is 7.11 Å². The maximum absolute atomic E-state index is 6.05. The van der Waals surface area contributed by atoms with Crippen molar-refractivity contribution >= 4 is 24.0 Å². The quantitative estimate of drug-likeness (QED) is 0.547. The standard InChI is InChI=1S/C20H26ClNO3.ClH/c1-3-24-13-5-12-22-14-17-6-4-7-19(23-2)20(17)25-15-16-8-10-18(21)11-9-16;/h4,6-11,22H,3,5,12-15H2,1-2H3;1H. The Morgan fingerprint density at radius 3 is 2.54 bits per heavy atom. The van der Waals surface area contributed by atoms with Crippen LogP contribution < -0.4 is 14.8 Å². The molecule has 144 valence electrons. The summed E-state index contributed by atoms with van der Waals surface area (Å²) < 4.78 is 16.9. The highest BCUT2D eigenvalue weighted by atomic mass is 35.5. The third-order valence-electron chi connectivity index (χ3n) is 3.74. The van der Waals surface area contributed by atoms with Crippen LogP contribution in [0.1, 0.15) is 24.5 Å². The molecular formula is C20H27Cl2NO3. The van der Waals surface area contributed by atoms with Crippen molar-refractivity contribution in [2.45, 2.75) is 26.5 Å². The molecule has 0 aliphatic carbocycles. The molecule has 0 fully saturated rings. The van der Waals surface area contributed by atoms with Crippen LogP contribution in [0.4, 0.5) is 0 Å². The number of halogens is 2. The molecule has 0 aliphatic heterocycles. The molecule has 0 saturated carbocycles. The van der Waals surface area contributed by atoms with E-state index in [4.69, 9.17) is 25.8 Å². The first kappa shape index (κ1) is 22.6. The predicted octanol–water partition coefficient (Wildman–Crippen LogP) is 4.87. The second-order valence-corrected chi connectivity index (χ2v) is 6.03. The van der Waals surface area contributed by atoms with Crippen molar-refractivity contribution in [3.05, 3.63) is 58.6 Å². The number of rotatable bonds is 11. The molecule has 0 radical (unpaired) electrons. The molecule has 0 atom stereocenters. The summed E-state index contributed by atoms with van der Waals surface area (Å²) in [4.78, 5) is 0. The van der Waals surface area contributed by atoms with Crippen molar-refractivity contribution in [2.75, 3.05) is 26.9 Å². The van der Waals surface area contributed by atoms with Gasteiger partial charge in [-0.05, 0) is 43.7 Å². The maximum atomic E-state index is 6.05. The third kappa shape index (κ3) is 7.42. The Morgan fingerprint density at radius 1 is 1.08 bits per heavy atom. The van der Waals surface area contributed by atoms with E-state index in [-0.39, 0.29) is 12.4 Å². The van der Waals surface area contributed by atoms with E-state index >= 15 is 0 Å². The van der Waals surface area contributed by atoms with Crippen molar-refractivity contribution in [1.82, 2.24) is 5.32 Å².